The van der Waals surface area contributed by atoms with Gasteiger partial charge in [-0.05, 0) is 42.8 Å². The Hall–Kier alpha value is -2.07. The third-order valence-electron chi connectivity index (χ3n) is 2.86. The van der Waals surface area contributed by atoms with Crippen molar-refractivity contribution in [3.8, 4) is 11.5 Å². The SMILES string of the molecule is Cc1cc(N)cc2nc(-c3ccc(F)cc3Cl)oc12. The van der Waals surface area contributed by atoms with E-state index in [2.05, 4.69) is 4.98 Å². The molecule has 5 heteroatoms. The molecule has 0 fully saturated rings. The number of aromatic nitrogens is 1. The van der Waals surface area contributed by atoms with Crippen LogP contribution in [0.15, 0.2) is 34.7 Å². The molecule has 0 spiro atoms. The maximum atomic E-state index is 13.0. The van der Waals surface area contributed by atoms with E-state index in [-0.39, 0.29) is 5.02 Å². The lowest BCUT2D eigenvalue weighted by molar-refractivity contribution is 0.614. The van der Waals surface area contributed by atoms with Crippen molar-refractivity contribution in [2.24, 2.45) is 0 Å². The number of anilines is 1. The van der Waals surface area contributed by atoms with Crippen molar-refractivity contribution >= 4 is 28.4 Å². The number of hydrogen-bond acceptors (Lipinski definition) is 3. The number of rotatable bonds is 1. The fourth-order valence-electron chi connectivity index (χ4n) is 2.01. The highest BCUT2D eigenvalue weighted by Crippen LogP contribution is 2.32. The number of halogens is 2. The monoisotopic (exact) mass is 276 g/mol. The zero-order valence-electron chi connectivity index (χ0n) is 10.1. The maximum absolute atomic E-state index is 13.0. The van der Waals surface area contributed by atoms with Crippen LogP contribution < -0.4 is 5.73 Å². The first-order chi connectivity index (χ1) is 9.04. The lowest BCUT2D eigenvalue weighted by Crippen LogP contribution is -1.85. The molecule has 0 radical (unpaired) electrons. The first-order valence-electron chi connectivity index (χ1n) is 5.66. The van der Waals surface area contributed by atoms with Crippen LogP contribution in [0.1, 0.15) is 5.56 Å². The highest BCUT2D eigenvalue weighted by molar-refractivity contribution is 6.33. The van der Waals surface area contributed by atoms with Crippen molar-refractivity contribution < 1.29 is 8.81 Å². The maximum Gasteiger partial charge on any atom is 0.228 e. The van der Waals surface area contributed by atoms with Gasteiger partial charge in [-0.3, -0.25) is 0 Å². The van der Waals surface area contributed by atoms with Crippen LogP contribution in [0.25, 0.3) is 22.6 Å². The van der Waals surface area contributed by atoms with Crippen molar-refractivity contribution in [3.63, 3.8) is 0 Å². The summed E-state index contributed by atoms with van der Waals surface area (Å²) in [5.41, 5.74) is 9.15. The Balaban J connectivity index is 2.23. The van der Waals surface area contributed by atoms with Crippen LogP contribution in [0.4, 0.5) is 10.1 Å². The van der Waals surface area contributed by atoms with Crippen LogP contribution in [-0.4, -0.2) is 4.98 Å². The molecule has 0 aliphatic carbocycles. The molecule has 0 atom stereocenters. The molecule has 96 valence electrons. The summed E-state index contributed by atoms with van der Waals surface area (Å²) in [7, 11) is 0. The average Bonchev–Trinajstić information content (AvgIpc) is 2.72. The van der Waals surface area contributed by atoms with E-state index in [4.69, 9.17) is 21.8 Å². The van der Waals surface area contributed by atoms with Gasteiger partial charge in [0, 0.05) is 5.69 Å². The minimum Gasteiger partial charge on any atom is -0.436 e. The normalized spacial score (nSPS) is 11.1. The first kappa shape index (κ1) is 12.0. The number of nitrogens with zero attached hydrogens (tertiary/aromatic N) is 1. The molecule has 19 heavy (non-hydrogen) atoms. The molecule has 0 aliphatic heterocycles. The molecule has 1 aromatic heterocycles. The summed E-state index contributed by atoms with van der Waals surface area (Å²) in [5, 5.41) is 0.261. The van der Waals surface area contributed by atoms with E-state index >= 15 is 0 Å². The van der Waals surface area contributed by atoms with Crippen LogP contribution in [0.5, 0.6) is 0 Å². The topological polar surface area (TPSA) is 52.0 Å². The number of nitrogens with two attached hydrogens (primary N) is 1. The van der Waals surface area contributed by atoms with Gasteiger partial charge in [0.15, 0.2) is 5.58 Å². The molecule has 2 N–H and O–H groups in total. The summed E-state index contributed by atoms with van der Waals surface area (Å²) in [4.78, 5) is 4.34. The minimum absolute atomic E-state index is 0.261. The van der Waals surface area contributed by atoms with Gasteiger partial charge < -0.3 is 10.2 Å². The van der Waals surface area contributed by atoms with Crippen LogP contribution in [0, 0.1) is 12.7 Å². The highest BCUT2D eigenvalue weighted by atomic mass is 35.5. The quantitative estimate of drug-likeness (QED) is 0.678. The Labute approximate surface area is 113 Å². The zero-order valence-corrected chi connectivity index (χ0v) is 10.8. The number of hydrogen-bond donors (Lipinski definition) is 1. The Morgan fingerprint density at radius 2 is 2.05 bits per heavy atom. The van der Waals surface area contributed by atoms with E-state index in [1.165, 1.54) is 12.1 Å². The van der Waals surface area contributed by atoms with Gasteiger partial charge in [-0.25, -0.2) is 9.37 Å². The minimum atomic E-state index is -0.398. The summed E-state index contributed by atoms with van der Waals surface area (Å²) in [6.45, 7) is 1.89. The molecule has 0 aliphatic rings. The number of nitrogen functional groups attached to an aromatic ring is 1. The number of oxazole rings is 1. The lowest BCUT2D eigenvalue weighted by atomic mass is 10.2. The van der Waals surface area contributed by atoms with Gasteiger partial charge in [-0.1, -0.05) is 11.6 Å². The molecule has 3 aromatic rings. The predicted molar refractivity (Wildman–Crippen MR) is 73.6 cm³/mol. The van der Waals surface area contributed by atoms with Crippen LogP contribution in [0.2, 0.25) is 5.02 Å². The fourth-order valence-corrected chi connectivity index (χ4v) is 2.25. The third-order valence-corrected chi connectivity index (χ3v) is 3.17. The Kier molecular flexibility index (Phi) is 2.68. The number of aryl methyl sites for hydroxylation is 1. The van der Waals surface area contributed by atoms with Gasteiger partial charge in [-0.15, -0.1) is 0 Å². The number of fused-ring (bicyclic) bond motifs is 1. The number of benzene rings is 2. The largest absolute Gasteiger partial charge is 0.436 e. The molecule has 2 aromatic carbocycles. The van der Waals surface area contributed by atoms with Crippen molar-refractivity contribution in [2.75, 3.05) is 5.73 Å². The van der Waals surface area contributed by atoms with Crippen molar-refractivity contribution in [2.45, 2.75) is 6.92 Å². The van der Waals surface area contributed by atoms with E-state index in [1.807, 2.05) is 13.0 Å². The third kappa shape index (κ3) is 2.04. The smallest absolute Gasteiger partial charge is 0.228 e. The summed E-state index contributed by atoms with van der Waals surface area (Å²) in [5.74, 6) is -0.0426. The van der Waals surface area contributed by atoms with Gasteiger partial charge >= 0.3 is 0 Å². The van der Waals surface area contributed by atoms with Crippen LogP contribution >= 0.6 is 11.6 Å². The Bertz CT molecular complexity index is 782. The van der Waals surface area contributed by atoms with Crippen LogP contribution in [0.3, 0.4) is 0 Å². The van der Waals surface area contributed by atoms with Crippen molar-refractivity contribution in [3.05, 3.63) is 46.7 Å². The van der Waals surface area contributed by atoms with Gasteiger partial charge in [0.2, 0.25) is 5.89 Å². The van der Waals surface area contributed by atoms with Gasteiger partial charge in [0.1, 0.15) is 11.3 Å². The zero-order chi connectivity index (χ0) is 13.6. The molecule has 0 unspecified atom stereocenters. The standard InChI is InChI=1S/C14H10ClFN2O/c1-7-4-9(17)6-12-13(7)19-14(18-12)10-3-2-8(16)5-11(10)15/h2-6H,17H2,1H3. The fraction of sp³-hybridized carbons (Fsp3) is 0.0714. The summed E-state index contributed by atoms with van der Waals surface area (Å²) >= 11 is 6.00. The molecular formula is C14H10ClFN2O. The average molecular weight is 277 g/mol. The highest BCUT2D eigenvalue weighted by Gasteiger charge is 2.13. The second kappa shape index (κ2) is 4.24. The molecule has 0 saturated heterocycles. The van der Waals surface area contributed by atoms with Gasteiger partial charge in [0.25, 0.3) is 0 Å². The molecule has 3 rings (SSSR count). The summed E-state index contributed by atoms with van der Waals surface area (Å²) in [6, 6.07) is 7.63. The molecule has 0 bridgehead atoms. The van der Waals surface area contributed by atoms with E-state index < -0.39 is 5.82 Å². The first-order valence-corrected chi connectivity index (χ1v) is 6.04. The van der Waals surface area contributed by atoms with Crippen molar-refractivity contribution in [1.29, 1.82) is 0 Å². The van der Waals surface area contributed by atoms with E-state index in [0.29, 0.717) is 28.2 Å². The summed E-state index contributed by atoms with van der Waals surface area (Å²) in [6.07, 6.45) is 0. The molecular weight excluding hydrogens is 267 g/mol. The second-order valence-corrected chi connectivity index (χ2v) is 4.74. The summed E-state index contributed by atoms with van der Waals surface area (Å²) < 4.78 is 18.7. The van der Waals surface area contributed by atoms with Crippen molar-refractivity contribution in [1.82, 2.24) is 4.98 Å². The van der Waals surface area contributed by atoms with Gasteiger partial charge in [0.05, 0.1) is 10.6 Å². The second-order valence-electron chi connectivity index (χ2n) is 4.33. The molecule has 3 nitrogen and oxygen atoms in total. The van der Waals surface area contributed by atoms with E-state index in [0.717, 1.165) is 5.56 Å². The predicted octanol–water partition coefficient (Wildman–Crippen LogP) is 4.18. The van der Waals surface area contributed by atoms with Gasteiger partial charge in [-0.2, -0.15) is 0 Å². The van der Waals surface area contributed by atoms with E-state index in [9.17, 15) is 4.39 Å². The molecule has 1 heterocycles. The molecule has 0 saturated carbocycles. The lowest BCUT2D eigenvalue weighted by Gasteiger charge is -1.98. The Morgan fingerprint density at radius 3 is 2.79 bits per heavy atom. The van der Waals surface area contributed by atoms with Crippen LogP contribution in [-0.2, 0) is 0 Å². The molecule has 0 amide bonds. The van der Waals surface area contributed by atoms with E-state index in [1.54, 1.807) is 12.1 Å². The Morgan fingerprint density at radius 1 is 1.26 bits per heavy atom.